The van der Waals surface area contributed by atoms with Gasteiger partial charge in [-0.05, 0) is 42.5 Å². The van der Waals surface area contributed by atoms with E-state index in [9.17, 15) is 0 Å². The summed E-state index contributed by atoms with van der Waals surface area (Å²) >= 11 is 0. The number of hydrogen-bond donors (Lipinski definition) is 1. The number of methoxy groups -OCH3 is 1. The highest BCUT2D eigenvalue weighted by atomic mass is 16.5. The Morgan fingerprint density at radius 1 is 0.926 bits per heavy atom. The molecule has 0 amide bonds. The Labute approximate surface area is 161 Å². The number of aryl methyl sites for hydroxylation is 2. The third-order valence-electron chi connectivity index (χ3n) is 4.78. The number of benzene rings is 1. The van der Waals surface area contributed by atoms with Gasteiger partial charge in [-0.1, -0.05) is 38.1 Å². The van der Waals surface area contributed by atoms with Crippen molar-refractivity contribution >= 4 is 5.82 Å². The molecule has 2 aromatic heterocycles. The van der Waals surface area contributed by atoms with E-state index in [-0.39, 0.29) is 0 Å². The first-order valence-corrected chi connectivity index (χ1v) is 9.55. The molecular formula is C23H27N3O. The van der Waals surface area contributed by atoms with Crippen molar-refractivity contribution in [2.24, 2.45) is 0 Å². The second-order valence-corrected chi connectivity index (χ2v) is 6.43. The fraction of sp³-hybridized carbons (Fsp3) is 0.304. The van der Waals surface area contributed by atoms with Crippen LogP contribution in [0, 0.1) is 0 Å². The maximum atomic E-state index is 5.67. The van der Waals surface area contributed by atoms with Crippen molar-refractivity contribution in [2.75, 3.05) is 19.0 Å². The molecule has 3 rings (SSSR count). The third-order valence-corrected chi connectivity index (χ3v) is 4.78. The lowest BCUT2D eigenvalue weighted by atomic mass is 9.94. The second-order valence-electron chi connectivity index (χ2n) is 6.43. The maximum absolute atomic E-state index is 5.67. The largest absolute Gasteiger partial charge is 0.496 e. The van der Waals surface area contributed by atoms with Crippen LogP contribution in [-0.2, 0) is 19.3 Å². The quantitative estimate of drug-likeness (QED) is 0.618. The second kappa shape index (κ2) is 9.17. The molecule has 2 heterocycles. The van der Waals surface area contributed by atoms with Crippen molar-refractivity contribution in [1.82, 2.24) is 9.97 Å². The molecule has 4 heteroatoms. The molecule has 0 unspecified atom stereocenters. The van der Waals surface area contributed by atoms with Gasteiger partial charge in [0.2, 0.25) is 0 Å². The van der Waals surface area contributed by atoms with E-state index in [4.69, 9.17) is 9.72 Å². The first-order chi connectivity index (χ1) is 13.3. The molecule has 1 N–H and O–H groups in total. The van der Waals surface area contributed by atoms with Gasteiger partial charge in [-0.3, -0.25) is 4.98 Å². The Hall–Kier alpha value is -2.88. The Morgan fingerprint density at radius 3 is 2.33 bits per heavy atom. The highest BCUT2D eigenvalue weighted by Gasteiger charge is 2.13. The van der Waals surface area contributed by atoms with E-state index in [0.717, 1.165) is 48.6 Å². The summed E-state index contributed by atoms with van der Waals surface area (Å²) in [4.78, 5) is 9.06. The van der Waals surface area contributed by atoms with E-state index in [2.05, 4.69) is 48.4 Å². The Bertz CT molecular complexity index is 856. The molecule has 0 aliphatic heterocycles. The topological polar surface area (TPSA) is 47.0 Å². The molecule has 27 heavy (non-hydrogen) atoms. The van der Waals surface area contributed by atoms with Crippen LogP contribution in [0.4, 0.5) is 5.82 Å². The summed E-state index contributed by atoms with van der Waals surface area (Å²) < 4.78 is 5.67. The minimum Gasteiger partial charge on any atom is -0.496 e. The van der Waals surface area contributed by atoms with Gasteiger partial charge in [0.25, 0.3) is 0 Å². The van der Waals surface area contributed by atoms with E-state index >= 15 is 0 Å². The molecule has 0 spiro atoms. The van der Waals surface area contributed by atoms with E-state index in [0.29, 0.717) is 0 Å². The van der Waals surface area contributed by atoms with Gasteiger partial charge in [-0.25, -0.2) is 4.98 Å². The number of hydrogen-bond acceptors (Lipinski definition) is 4. The van der Waals surface area contributed by atoms with E-state index in [1.165, 1.54) is 16.7 Å². The van der Waals surface area contributed by atoms with Gasteiger partial charge in [0.05, 0.1) is 12.8 Å². The molecule has 3 aromatic rings. The number of aromatic nitrogens is 2. The lowest BCUT2D eigenvalue weighted by Gasteiger charge is -2.15. The monoisotopic (exact) mass is 361 g/mol. The predicted octanol–water partition coefficient (Wildman–Crippen LogP) is 4.93. The Kier molecular flexibility index (Phi) is 6.42. The fourth-order valence-electron chi connectivity index (χ4n) is 3.34. The molecule has 140 valence electrons. The summed E-state index contributed by atoms with van der Waals surface area (Å²) in [6.07, 6.45) is 6.53. The summed E-state index contributed by atoms with van der Waals surface area (Å²) in [6, 6.07) is 14.4. The van der Waals surface area contributed by atoms with E-state index in [1.807, 2.05) is 24.4 Å². The van der Waals surface area contributed by atoms with Crippen LogP contribution in [0.15, 0.2) is 54.9 Å². The van der Waals surface area contributed by atoms with Crippen molar-refractivity contribution in [1.29, 1.82) is 0 Å². The zero-order chi connectivity index (χ0) is 19.1. The van der Waals surface area contributed by atoms with Crippen LogP contribution in [0.1, 0.15) is 30.5 Å². The molecule has 0 saturated heterocycles. The summed E-state index contributed by atoms with van der Waals surface area (Å²) in [7, 11) is 1.72. The van der Waals surface area contributed by atoms with Crippen molar-refractivity contribution in [3.8, 4) is 17.0 Å². The van der Waals surface area contributed by atoms with E-state index in [1.54, 1.807) is 13.3 Å². The van der Waals surface area contributed by atoms with Gasteiger partial charge in [0.1, 0.15) is 11.6 Å². The summed E-state index contributed by atoms with van der Waals surface area (Å²) in [5, 5.41) is 3.33. The standard InChI is InChI=1S/C23H27N3O/c1-4-17-9-8-10-18(5-2)23(17)20-15-21(27-3)19(16-26-20)12-14-25-22-11-6-7-13-24-22/h6-11,13,15-16H,4-5,12,14H2,1-3H3,(H,24,25). The fourth-order valence-corrected chi connectivity index (χ4v) is 3.34. The molecule has 0 aliphatic carbocycles. The number of ether oxygens (including phenoxy) is 1. The lowest BCUT2D eigenvalue weighted by molar-refractivity contribution is 0.409. The molecule has 0 bridgehead atoms. The SMILES string of the molecule is CCc1cccc(CC)c1-c1cc(OC)c(CCNc2ccccn2)cn1. The van der Waals surface area contributed by atoms with Crippen LogP contribution < -0.4 is 10.1 Å². The Morgan fingerprint density at radius 2 is 1.70 bits per heavy atom. The third kappa shape index (κ3) is 4.45. The van der Waals surface area contributed by atoms with Crippen LogP contribution in [-0.4, -0.2) is 23.6 Å². The molecule has 1 aromatic carbocycles. The van der Waals surface area contributed by atoms with E-state index < -0.39 is 0 Å². The van der Waals surface area contributed by atoms with Crippen LogP contribution in [0.25, 0.3) is 11.3 Å². The van der Waals surface area contributed by atoms with Gasteiger partial charge in [0.15, 0.2) is 0 Å². The van der Waals surface area contributed by atoms with Crippen molar-refractivity contribution in [2.45, 2.75) is 33.1 Å². The summed E-state index contributed by atoms with van der Waals surface area (Å²) in [6.45, 7) is 5.15. The first-order valence-electron chi connectivity index (χ1n) is 9.55. The van der Waals surface area contributed by atoms with Crippen molar-refractivity contribution < 1.29 is 4.74 Å². The highest BCUT2D eigenvalue weighted by molar-refractivity contribution is 5.69. The number of nitrogens with zero attached hydrogens (tertiary/aromatic N) is 2. The minimum atomic E-state index is 0.778. The zero-order valence-corrected chi connectivity index (χ0v) is 16.3. The van der Waals surface area contributed by atoms with Crippen LogP contribution >= 0.6 is 0 Å². The maximum Gasteiger partial charge on any atom is 0.125 e. The normalized spacial score (nSPS) is 10.6. The molecular weight excluding hydrogens is 334 g/mol. The summed E-state index contributed by atoms with van der Waals surface area (Å²) in [5.74, 6) is 1.77. The first kappa shape index (κ1) is 18.9. The van der Waals surface area contributed by atoms with Gasteiger partial charge in [0, 0.05) is 36.1 Å². The van der Waals surface area contributed by atoms with Crippen molar-refractivity contribution in [3.05, 3.63) is 71.5 Å². The van der Waals surface area contributed by atoms with Gasteiger partial charge in [-0.2, -0.15) is 0 Å². The van der Waals surface area contributed by atoms with Gasteiger partial charge < -0.3 is 10.1 Å². The molecule has 0 aliphatic rings. The number of pyridine rings is 2. The number of anilines is 1. The minimum absolute atomic E-state index is 0.778. The number of nitrogens with one attached hydrogen (secondary N) is 1. The average Bonchev–Trinajstić information content (AvgIpc) is 2.74. The number of rotatable bonds is 8. The molecule has 4 nitrogen and oxygen atoms in total. The Balaban J connectivity index is 1.83. The van der Waals surface area contributed by atoms with Crippen LogP contribution in [0.2, 0.25) is 0 Å². The highest BCUT2D eigenvalue weighted by Crippen LogP contribution is 2.31. The lowest BCUT2D eigenvalue weighted by Crippen LogP contribution is -2.07. The predicted molar refractivity (Wildman–Crippen MR) is 111 cm³/mol. The molecule has 0 fully saturated rings. The van der Waals surface area contributed by atoms with Crippen LogP contribution in [0.5, 0.6) is 5.75 Å². The summed E-state index contributed by atoms with van der Waals surface area (Å²) in [5.41, 5.74) is 5.99. The van der Waals surface area contributed by atoms with Crippen molar-refractivity contribution in [3.63, 3.8) is 0 Å². The average molecular weight is 361 g/mol. The molecule has 0 atom stereocenters. The van der Waals surface area contributed by atoms with Crippen LogP contribution in [0.3, 0.4) is 0 Å². The van der Waals surface area contributed by atoms with Gasteiger partial charge >= 0.3 is 0 Å². The zero-order valence-electron chi connectivity index (χ0n) is 16.3. The molecule has 0 saturated carbocycles. The smallest absolute Gasteiger partial charge is 0.125 e. The molecule has 0 radical (unpaired) electrons. The van der Waals surface area contributed by atoms with Gasteiger partial charge in [-0.15, -0.1) is 0 Å².